The lowest BCUT2D eigenvalue weighted by molar-refractivity contribution is 0.778. The number of unbranched alkanes of at least 4 members (excludes halogenated alkanes) is 1. The third-order valence-electron chi connectivity index (χ3n) is 3.09. The van der Waals surface area contributed by atoms with E-state index in [9.17, 15) is 0 Å². The summed E-state index contributed by atoms with van der Waals surface area (Å²) in [6, 6.07) is 12.4. The normalized spacial score (nSPS) is 10.3. The molecule has 1 heterocycles. The van der Waals surface area contributed by atoms with Gasteiger partial charge >= 0.3 is 0 Å². The predicted octanol–water partition coefficient (Wildman–Crippen LogP) is 3.85. The zero-order valence-corrected chi connectivity index (χ0v) is 12.2. The Labute approximate surface area is 120 Å². The number of hydrogen-bond acceptors (Lipinski definition) is 4. The second kappa shape index (κ2) is 7.48. The average molecular weight is 270 g/mol. The molecule has 0 amide bonds. The average Bonchev–Trinajstić information content (AvgIpc) is 2.50. The van der Waals surface area contributed by atoms with Gasteiger partial charge in [-0.15, -0.1) is 0 Å². The first-order valence-corrected chi connectivity index (χ1v) is 7.23. The van der Waals surface area contributed by atoms with Crippen molar-refractivity contribution in [2.24, 2.45) is 0 Å². The molecule has 0 unspecified atom stereocenters. The zero-order valence-electron chi connectivity index (χ0n) is 12.2. The summed E-state index contributed by atoms with van der Waals surface area (Å²) in [6.45, 7) is 6.08. The number of nitrogens with one attached hydrogen (secondary N) is 1. The minimum absolute atomic E-state index is 0.858. The smallest absolute Gasteiger partial charge is 0.138 e. The summed E-state index contributed by atoms with van der Waals surface area (Å²) in [5, 5.41) is 3.23. The van der Waals surface area contributed by atoms with E-state index >= 15 is 0 Å². The highest BCUT2D eigenvalue weighted by atomic mass is 15.2. The fourth-order valence-corrected chi connectivity index (χ4v) is 2.07. The lowest BCUT2D eigenvalue weighted by Gasteiger charge is -2.24. The van der Waals surface area contributed by atoms with Crippen molar-refractivity contribution in [3.05, 3.63) is 42.7 Å². The van der Waals surface area contributed by atoms with Gasteiger partial charge in [0.15, 0.2) is 0 Å². The minimum atomic E-state index is 0.858. The van der Waals surface area contributed by atoms with E-state index in [4.69, 9.17) is 0 Å². The molecule has 0 aliphatic heterocycles. The number of rotatable bonds is 7. The fourth-order valence-electron chi connectivity index (χ4n) is 2.07. The van der Waals surface area contributed by atoms with E-state index in [1.54, 1.807) is 6.33 Å². The molecular weight excluding hydrogens is 248 g/mol. The monoisotopic (exact) mass is 270 g/mol. The predicted molar refractivity (Wildman–Crippen MR) is 84.6 cm³/mol. The van der Waals surface area contributed by atoms with Crippen LogP contribution < -0.4 is 10.2 Å². The van der Waals surface area contributed by atoms with Crippen molar-refractivity contribution >= 4 is 17.3 Å². The van der Waals surface area contributed by atoms with Crippen molar-refractivity contribution in [3.8, 4) is 0 Å². The molecule has 0 aliphatic carbocycles. The van der Waals surface area contributed by atoms with Gasteiger partial charge in [-0.1, -0.05) is 31.5 Å². The molecule has 1 aromatic heterocycles. The van der Waals surface area contributed by atoms with Crippen molar-refractivity contribution in [2.75, 3.05) is 23.3 Å². The molecule has 2 rings (SSSR count). The molecule has 0 saturated carbocycles. The maximum absolute atomic E-state index is 4.43. The summed E-state index contributed by atoms with van der Waals surface area (Å²) in [5.74, 6) is 1.81. The summed E-state index contributed by atoms with van der Waals surface area (Å²) < 4.78 is 0. The van der Waals surface area contributed by atoms with Gasteiger partial charge in [0.1, 0.15) is 18.0 Å². The van der Waals surface area contributed by atoms with E-state index in [0.29, 0.717) is 0 Å². The van der Waals surface area contributed by atoms with E-state index in [2.05, 4.69) is 58.3 Å². The van der Waals surface area contributed by atoms with E-state index in [0.717, 1.165) is 37.6 Å². The van der Waals surface area contributed by atoms with E-state index in [-0.39, 0.29) is 0 Å². The maximum Gasteiger partial charge on any atom is 0.138 e. The summed E-state index contributed by atoms with van der Waals surface area (Å²) in [6.07, 6.45) is 3.92. The Hall–Kier alpha value is -2.10. The Balaban J connectivity index is 2.28. The Morgan fingerprint density at radius 3 is 2.60 bits per heavy atom. The Morgan fingerprint density at radius 2 is 1.90 bits per heavy atom. The third-order valence-corrected chi connectivity index (χ3v) is 3.09. The second-order valence-corrected chi connectivity index (χ2v) is 4.63. The van der Waals surface area contributed by atoms with Crippen LogP contribution in [0.25, 0.3) is 0 Å². The Kier molecular flexibility index (Phi) is 5.35. The van der Waals surface area contributed by atoms with Crippen molar-refractivity contribution in [3.63, 3.8) is 0 Å². The molecule has 0 radical (unpaired) electrons. The first-order valence-electron chi connectivity index (χ1n) is 7.23. The first-order chi connectivity index (χ1) is 9.85. The summed E-state index contributed by atoms with van der Waals surface area (Å²) in [7, 11) is 0. The van der Waals surface area contributed by atoms with Gasteiger partial charge < -0.3 is 10.2 Å². The molecule has 20 heavy (non-hydrogen) atoms. The van der Waals surface area contributed by atoms with Crippen molar-refractivity contribution < 1.29 is 0 Å². The molecule has 0 spiro atoms. The van der Waals surface area contributed by atoms with E-state index < -0.39 is 0 Å². The third kappa shape index (κ3) is 3.70. The molecule has 1 N–H and O–H groups in total. The number of benzene rings is 1. The highest BCUT2D eigenvalue weighted by Gasteiger charge is 2.10. The highest BCUT2D eigenvalue weighted by Crippen LogP contribution is 2.24. The van der Waals surface area contributed by atoms with Crippen LogP contribution in [-0.2, 0) is 0 Å². The van der Waals surface area contributed by atoms with Crippen LogP contribution in [0.1, 0.15) is 26.7 Å². The molecule has 0 saturated heterocycles. The quantitative estimate of drug-likeness (QED) is 0.829. The maximum atomic E-state index is 4.43. The van der Waals surface area contributed by atoms with Gasteiger partial charge in [-0.2, -0.15) is 0 Å². The summed E-state index contributed by atoms with van der Waals surface area (Å²) in [5.41, 5.74) is 1.17. The number of aromatic nitrogens is 2. The lowest BCUT2D eigenvalue weighted by atomic mass is 10.2. The minimum Gasteiger partial charge on any atom is -0.370 e. The molecular formula is C16H22N4. The van der Waals surface area contributed by atoms with Gasteiger partial charge in [0.2, 0.25) is 0 Å². The number of hydrogen-bond donors (Lipinski definition) is 1. The molecule has 0 aliphatic rings. The van der Waals surface area contributed by atoms with Crippen LogP contribution in [0, 0.1) is 0 Å². The molecule has 4 heteroatoms. The van der Waals surface area contributed by atoms with Gasteiger partial charge in [-0.25, -0.2) is 9.97 Å². The van der Waals surface area contributed by atoms with Gasteiger partial charge in [-0.05, 0) is 25.5 Å². The standard InChI is InChI=1S/C16H22N4/c1-3-5-11-20(14-9-7-6-8-10-14)16-12-15(17-4-2)18-13-19-16/h6-10,12-13H,3-5,11H2,1-2H3,(H,17,18,19). The van der Waals surface area contributed by atoms with Crippen LogP contribution >= 0.6 is 0 Å². The van der Waals surface area contributed by atoms with Crippen molar-refractivity contribution in [1.82, 2.24) is 9.97 Å². The van der Waals surface area contributed by atoms with E-state index in [1.165, 1.54) is 5.69 Å². The second-order valence-electron chi connectivity index (χ2n) is 4.63. The van der Waals surface area contributed by atoms with Crippen LogP contribution in [0.4, 0.5) is 17.3 Å². The van der Waals surface area contributed by atoms with Crippen molar-refractivity contribution in [1.29, 1.82) is 0 Å². The molecule has 0 atom stereocenters. The SMILES string of the molecule is CCCCN(c1ccccc1)c1cc(NCC)ncn1. The van der Waals surface area contributed by atoms with E-state index in [1.807, 2.05) is 12.1 Å². The van der Waals surface area contributed by atoms with Gasteiger partial charge in [0.25, 0.3) is 0 Å². The molecule has 4 nitrogen and oxygen atoms in total. The first kappa shape index (κ1) is 14.3. The molecule has 2 aromatic rings. The molecule has 0 fully saturated rings. The van der Waals surface area contributed by atoms with Crippen LogP contribution in [0.3, 0.4) is 0 Å². The van der Waals surface area contributed by atoms with Gasteiger partial charge in [-0.3, -0.25) is 0 Å². The fraction of sp³-hybridized carbons (Fsp3) is 0.375. The largest absolute Gasteiger partial charge is 0.370 e. The topological polar surface area (TPSA) is 41.0 Å². The zero-order chi connectivity index (χ0) is 14.2. The van der Waals surface area contributed by atoms with Crippen molar-refractivity contribution in [2.45, 2.75) is 26.7 Å². The number of nitrogens with zero attached hydrogens (tertiary/aromatic N) is 3. The lowest BCUT2D eigenvalue weighted by Crippen LogP contribution is -2.19. The van der Waals surface area contributed by atoms with Crippen LogP contribution in [0.5, 0.6) is 0 Å². The van der Waals surface area contributed by atoms with Crippen LogP contribution in [0.15, 0.2) is 42.7 Å². The summed E-state index contributed by atoms with van der Waals surface area (Å²) >= 11 is 0. The molecule has 106 valence electrons. The Morgan fingerprint density at radius 1 is 1.10 bits per heavy atom. The van der Waals surface area contributed by atoms with Gasteiger partial charge in [0, 0.05) is 24.8 Å². The highest BCUT2D eigenvalue weighted by molar-refractivity contribution is 5.62. The van der Waals surface area contributed by atoms with Gasteiger partial charge in [0.05, 0.1) is 0 Å². The number of anilines is 3. The Bertz CT molecular complexity index is 513. The van der Waals surface area contributed by atoms with Crippen LogP contribution in [0.2, 0.25) is 0 Å². The molecule has 1 aromatic carbocycles. The summed E-state index contributed by atoms with van der Waals surface area (Å²) in [4.78, 5) is 10.9. The number of para-hydroxylation sites is 1. The van der Waals surface area contributed by atoms with Crippen LogP contribution in [-0.4, -0.2) is 23.1 Å². The molecule has 0 bridgehead atoms.